The van der Waals surface area contributed by atoms with Crippen molar-refractivity contribution >= 4 is 29.0 Å². The molecule has 2 aliphatic rings. The molecule has 0 radical (unpaired) electrons. The SMILES string of the molecule is CCSc1nnc2c(n1)O[C@H](c1cc3c(cc1[N+](=O)[O-])OCO3)N(C(C)=O)c1ccccc1-2. The number of nitrogens with zero attached hydrogens (tertiary/aromatic N) is 5. The molecule has 2 aromatic carbocycles. The predicted octanol–water partition coefficient (Wildman–Crippen LogP) is 3.73. The molecular formula is C21H17N5O6S. The fourth-order valence-electron chi connectivity index (χ4n) is 3.75. The summed E-state index contributed by atoms with van der Waals surface area (Å²) in [7, 11) is 0. The Bertz CT molecular complexity index is 1290. The summed E-state index contributed by atoms with van der Waals surface area (Å²) < 4.78 is 17.0. The van der Waals surface area contributed by atoms with Crippen LogP contribution in [0.5, 0.6) is 17.4 Å². The number of fused-ring (bicyclic) bond motifs is 4. The van der Waals surface area contributed by atoms with Gasteiger partial charge in [-0.25, -0.2) is 0 Å². The number of hydrogen-bond acceptors (Lipinski definition) is 10. The fraction of sp³-hybridized carbons (Fsp3) is 0.238. The van der Waals surface area contributed by atoms with Crippen LogP contribution in [0.2, 0.25) is 0 Å². The smallest absolute Gasteiger partial charge is 0.282 e. The number of amides is 1. The van der Waals surface area contributed by atoms with Crippen LogP contribution in [0.25, 0.3) is 11.3 Å². The van der Waals surface area contributed by atoms with Gasteiger partial charge in [-0.3, -0.25) is 19.8 Å². The normalized spacial score (nSPS) is 15.8. The van der Waals surface area contributed by atoms with E-state index in [1.165, 1.54) is 35.7 Å². The molecular weight excluding hydrogens is 450 g/mol. The molecule has 0 fully saturated rings. The first-order chi connectivity index (χ1) is 16.0. The van der Waals surface area contributed by atoms with Gasteiger partial charge >= 0.3 is 0 Å². The van der Waals surface area contributed by atoms with Crippen molar-refractivity contribution in [1.29, 1.82) is 0 Å². The van der Waals surface area contributed by atoms with Crippen LogP contribution >= 0.6 is 11.8 Å². The number of carbonyl (C=O) groups is 1. The van der Waals surface area contributed by atoms with E-state index in [9.17, 15) is 14.9 Å². The third-order valence-corrected chi connectivity index (χ3v) is 5.83. The van der Waals surface area contributed by atoms with Gasteiger partial charge in [0, 0.05) is 12.5 Å². The molecule has 0 saturated heterocycles. The second kappa shape index (κ2) is 8.20. The van der Waals surface area contributed by atoms with E-state index in [4.69, 9.17) is 14.2 Å². The minimum Gasteiger partial charge on any atom is -0.454 e. The van der Waals surface area contributed by atoms with Gasteiger partial charge < -0.3 is 14.2 Å². The van der Waals surface area contributed by atoms with Crippen LogP contribution < -0.4 is 19.1 Å². The summed E-state index contributed by atoms with van der Waals surface area (Å²) in [6, 6.07) is 9.77. The van der Waals surface area contributed by atoms with Gasteiger partial charge in [-0.05, 0) is 17.9 Å². The first-order valence-electron chi connectivity index (χ1n) is 9.99. The van der Waals surface area contributed by atoms with E-state index in [0.717, 1.165) is 0 Å². The van der Waals surface area contributed by atoms with Crippen molar-refractivity contribution in [3.8, 4) is 28.6 Å². The Morgan fingerprint density at radius 1 is 1.24 bits per heavy atom. The van der Waals surface area contributed by atoms with E-state index in [2.05, 4.69) is 15.2 Å². The average molecular weight is 467 g/mol. The van der Waals surface area contributed by atoms with Crippen LogP contribution in [0.1, 0.15) is 25.6 Å². The number of rotatable bonds is 4. The molecule has 1 aromatic heterocycles. The zero-order valence-corrected chi connectivity index (χ0v) is 18.4. The quantitative estimate of drug-likeness (QED) is 0.318. The molecule has 0 saturated carbocycles. The molecule has 3 aromatic rings. The number of anilines is 1. The highest BCUT2D eigenvalue weighted by atomic mass is 32.2. The average Bonchev–Trinajstić information content (AvgIpc) is 3.20. The first kappa shape index (κ1) is 20.9. The molecule has 1 amide bonds. The molecule has 0 N–H and O–H groups in total. The van der Waals surface area contributed by atoms with Crippen LogP contribution in [0.4, 0.5) is 11.4 Å². The van der Waals surface area contributed by atoms with E-state index in [1.807, 2.05) is 6.92 Å². The molecule has 0 bridgehead atoms. The van der Waals surface area contributed by atoms with Gasteiger partial charge in [0.2, 0.25) is 30.0 Å². The van der Waals surface area contributed by atoms with Gasteiger partial charge in [0.1, 0.15) is 0 Å². The van der Waals surface area contributed by atoms with Crippen LogP contribution in [-0.4, -0.2) is 38.6 Å². The number of nitro groups is 1. The van der Waals surface area contributed by atoms with Crippen LogP contribution in [0, 0.1) is 10.1 Å². The van der Waals surface area contributed by atoms with Gasteiger partial charge in [0.25, 0.3) is 5.69 Å². The largest absolute Gasteiger partial charge is 0.454 e. The number of nitro benzene ring substituents is 1. The maximum absolute atomic E-state index is 12.9. The Hall–Kier alpha value is -3.93. The van der Waals surface area contributed by atoms with Gasteiger partial charge in [0.05, 0.1) is 22.2 Å². The molecule has 0 spiro atoms. The number of thioether (sulfide) groups is 1. The Morgan fingerprint density at radius 3 is 2.73 bits per heavy atom. The maximum atomic E-state index is 12.9. The fourth-order valence-corrected chi connectivity index (χ4v) is 4.25. The molecule has 0 aliphatic carbocycles. The Kier molecular flexibility index (Phi) is 5.21. The third kappa shape index (κ3) is 3.57. The molecule has 11 nitrogen and oxygen atoms in total. The number of ether oxygens (including phenoxy) is 3. The number of carbonyl (C=O) groups excluding carboxylic acids is 1. The van der Waals surface area contributed by atoms with E-state index < -0.39 is 11.2 Å². The maximum Gasteiger partial charge on any atom is 0.282 e. The molecule has 1 atom stereocenters. The van der Waals surface area contributed by atoms with Crippen molar-refractivity contribution in [2.45, 2.75) is 25.2 Å². The molecule has 33 heavy (non-hydrogen) atoms. The second-order valence-electron chi connectivity index (χ2n) is 7.08. The zero-order chi connectivity index (χ0) is 23.1. The van der Waals surface area contributed by atoms with Crippen molar-refractivity contribution in [3.63, 3.8) is 0 Å². The van der Waals surface area contributed by atoms with Crippen molar-refractivity contribution in [2.24, 2.45) is 0 Å². The summed E-state index contributed by atoms with van der Waals surface area (Å²) in [6.07, 6.45) is -1.21. The lowest BCUT2D eigenvalue weighted by Crippen LogP contribution is -2.36. The molecule has 0 unspecified atom stereocenters. The number of hydrogen-bond donors (Lipinski definition) is 0. The van der Waals surface area contributed by atoms with Crippen LogP contribution in [0.15, 0.2) is 41.6 Å². The van der Waals surface area contributed by atoms with Gasteiger partial charge in [-0.15, -0.1) is 10.2 Å². The molecule has 168 valence electrons. The van der Waals surface area contributed by atoms with E-state index in [0.29, 0.717) is 33.6 Å². The summed E-state index contributed by atoms with van der Waals surface area (Å²) >= 11 is 1.37. The molecule has 2 aliphatic heterocycles. The Morgan fingerprint density at radius 2 is 2.00 bits per heavy atom. The Labute approximate surface area is 191 Å². The summed E-state index contributed by atoms with van der Waals surface area (Å²) in [4.78, 5) is 30.1. The number of benzene rings is 2. The van der Waals surface area contributed by atoms with Crippen molar-refractivity contribution in [1.82, 2.24) is 15.2 Å². The first-order valence-corrected chi connectivity index (χ1v) is 11.0. The van der Waals surface area contributed by atoms with Gasteiger partial charge in [-0.1, -0.05) is 36.9 Å². The summed E-state index contributed by atoms with van der Waals surface area (Å²) in [5.74, 6) is 1.02. The highest BCUT2D eigenvalue weighted by Gasteiger charge is 2.39. The van der Waals surface area contributed by atoms with E-state index in [1.54, 1.807) is 24.3 Å². The van der Waals surface area contributed by atoms with Gasteiger partial charge in [0.15, 0.2) is 17.2 Å². The summed E-state index contributed by atoms with van der Waals surface area (Å²) in [5, 5.41) is 20.8. The standard InChI is InChI=1S/C21H17N5O6S/c1-3-33-21-22-19-18(23-24-21)12-6-4-5-7-14(12)25(11(2)27)20(32-19)13-8-16-17(31-10-30-16)9-15(13)26(28)29/h4-9,20H,3,10H2,1-2H3/t20-/m1/s1. The molecule has 3 heterocycles. The van der Waals surface area contributed by atoms with Crippen LogP contribution in [0.3, 0.4) is 0 Å². The zero-order valence-electron chi connectivity index (χ0n) is 17.5. The lowest BCUT2D eigenvalue weighted by atomic mass is 10.1. The third-order valence-electron chi connectivity index (χ3n) is 5.11. The summed E-state index contributed by atoms with van der Waals surface area (Å²) in [5.41, 5.74) is 1.21. The predicted molar refractivity (Wildman–Crippen MR) is 117 cm³/mol. The summed E-state index contributed by atoms with van der Waals surface area (Å²) in [6.45, 7) is 3.25. The van der Waals surface area contributed by atoms with E-state index >= 15 is 0 Å². The Balaban J connectivity index is 1.77. The monoisotopic (exact) mass is 467 g/mol. The number of para-hydroxylation sites is 1. The number of aromatic nitrogens is 3. The highest BCUT2D eigenvalue weighted by Crippen LogP contribution is 2.47. The highest BCUT2D eigenvalue weighted by molar-refractivity contribution is 7.99. The van der Waals surface area contributed by atoms with Crippen molar-refractivity contribution in [3.05, 3.63) is 52.1 Å². The van der Waals surface area contributed by atoms with Gasteiger partial charge in [-0.2, -0.15) is 4.98 Å². The molecule has 5 rings (SSSR count). The topological polar surface area (TPSA) is 130 Å². The lowest BCUT2D eigenvalue weighted by Gasteiger charge is -2.29. The van der Waals surface area contributed by atoms with Crippen LogP contribution in [-0.2, 0) is 4.79 Å². The lowest BCUT2D eigenvalue weighted by molar-refractivity contribution is -0.386. The minimum atomic E-state index is -1.21. The minimum absolute atomic E-state index is 0.0572. The second-order valence-corrected chi connectivity index (χ2v) is 8.31. The molecule has 12 heteroatoms. The van der Waals surface area contributed by atoms with Crippen molar-refractivity contribution in [2.75, 3.05) is 17.4 Å². The van der Waals surface area contributed by atoms with Crippen molar-refractivity contribution < 1.29 is 23.9 Å². The van der Waals surface area contributed by atoms with E-state index in [-0.39, 0.29) is 35.6 Å².